The number of hydrogen-bond donors (Lipinski definition) is 3. The smallest absolute Gasteiger partial charge is 0.291 e. The number of aromatic amines is 1. The molecular weight excluding hydrogens is 331 g/mol. The molecule has 2 rings (SSSR count). The number of carbonyl (C=O) groups excluding carboxylic acids is 1. The summed E-state index contributed by atoms with van der Waals surface area (Å²) in [6, 6.07) is 5.38. The number of aromatic nitrogens is 3. The summed E-state index contributed by atoms with van der Waals surface area (Å²) in [6.07, 6.45) is 0.383. The minimum atomic E-state index is -0.495. The molecule has 0 saturated carbocycles. The molecule has 0 saturated heterocycles. The van der Waals surface area contributed by atoms with Gasteiger partial charge in [-0.3, -0.25) is 9.89 Å². The van der Waals surface area contributed by atoms with Gasteiger partial charge in [0.05, 0.1) is 12.6 Å². The molecule has 1 aromatic carbocycles. The van der Waals surface area contributed by atoms with E-state index in [4.69, 9.17) is 0 Å². The standard InChI is InChI=1S/C12H12BrFN4O2/c13-12-16-10(17-18-12)11(20)15-9(6-19)5-7-1-3-8(14)4-2-7/h1-4,9,19H,5-6H2,(H,15,20)(H,16,17,18). The lowest BCUT2D eigenvalue weighted by Gasteiger charge is -2.15. The van der Waals surface area contributed by atoms with E-state index >= 15 is 0 Å². The molecule has 6 nitrogen and oxygen atoms in total. The van der Waals surface area contributed by atoms with Gasteiger partial charge in [0, 0.05) is 0 Å². The topological polar surface area (TPSA) is 90.9 Å². The number of H-pyrrole nitrogens is 1. The van der Waals surface area contributed by atoms with E-state index in [1.807, 2.05) is 0 Å². The van der Waals surface area contributed by atoms with E-state index in [0.717, 1.165) is 5.56 Å². The highest BCUT2D eigenvalue weighted by Crippen LogP contribution is 2.07. The van der Waals surface area contributed by atoms with Gasteiger partial charge < -0.3 is 10.4 Å². The lowest BCUT2D eigenvalue weighted by atomic mass is 10.1. The molecular formula is C12H12BrFN4O2. The fourth-order valence-corrected chi connectivity index (χ4v) is 1.92. The van der Waals surface area contributed by atoms with Crippen molar-refractivity contribution in [2.45, 2.75) is 12.5 Å². The number of hydrogen-bond acceptors (Lipinski definition) is 4. The van der Waals surface area contributed by atoms with Crippen molar-refractivity contribution in [2.75, 3.05) is 6.61 Å². The fourth-order valence-electron chi connectivity index (χ4n) is 1.66. The van der Waals surface area contributed by atoms with Crippen molar-refractivity contribution in [3.63, 3.8) is 0 Å². The van der Waals surface area contributed by atoms with E-state index < -0.39 is 11.9 Å². The van der Waals surface area contributed by atoms with Gasteiger partial charge in [-0.05, 0) is 40.0 Å². The second kappa shape index (κ2) is 6.58. The van der Waals surface area contributed by atoms with Crippen LogP contribution in [-0.2, 0) is 6.42 Å². The lowest BCUT2D eigenvalue weighted by molar-refractivity contribution is 0.0906. The van der Waals surface area contributed by atoms with Crippen LogP contribution in [0.1, 0.15) is 16.2 Å². The summed E-state index contributed by atoms with van der Waals surface area (Å²) in [5, 5.41) is 18.1. The van der Waals surface area contributed by atoms with Crippen molar-refractivity contribution in [3.8, 4) is 0 Å². The zero-order chi connectivity index (χ0) is 14.5. The molecule has 20 heavy (non-hydrogen) atoms. The minimum absolute atomic E-state index is 0.0190. The van der Waals surface area contributed by atoms with Crippen LogP contribution in [0, 0.1) is 5.82 Å². The number of halogens is 2. The van der Waals surface area contributed by atoms with Crippen LogP contribution in [0.5, 0.6) is 0 Å². The first-order valence-electron chi connectivity index (χ1n) is 5.82. The average molecular weight is 343 g/mol. The van der Waals surface area contributed by atoms with Crippen molar-refractivity contribution in [1.82, 2.24) is 20.5 Å². The van der Waals surface area contributed by atoms with E-state index in [-0.39, 0.29) is 18.2 Å². The van der Waals surface area contributed by atoms with Gasteiger partial charge in [0.25, 0.3) is 5.91 Å². The first-order valence-corrected chi connectivity index (χ1v) is 6.62. The summed E-state index contributed by atoms with van der Waals surface area (Å²) in [6.45, 7) is -0.241. The van der Waals surface area contributed by atoms with Gasteiger partial charge in [-0.2, -0.15) is 4.98 Å². The summed E-state index contributed by atoms with van der Waals surface area (Å²) >= 11 is 3.05. The molecule has 0 fully saturated rings. The molecule has 1 atom stereocenters. The average Bonchev–Trinajstić information content (AvgIpc) is 2.87. The van der Waals surface area contributed by atoms with Gasteiger partial charge in [-0.1, -0.05) is 12.1 Å². The first kappa shape index (κ1) is 14.6. The maximum atomic E-state index is 12.8. The van der Waals surface area contributed by atoms with Gasteiger partial charge in [0.2, 0.25) is 5.82 Å². The largest absolute Gasteiger partial charge is 0.394 e. The van der Waals surface area contributed by atoms with Crippen LogP contribution < -0.4 is 5.32 Å². The van der Waals surface area contributed by atoms with Crippen LogP contribution in [0.25, 0.3) is 0 Å². The number of benzene rings is 1. The predicted molar refractivity (Wildman–Crippen MR) is 72.5 cm³/mol. The number of rotatable bonds is 5. The van der Waals surface area contributed by atoms with Crippen molar-refractivity contribution < 1.29 is 14.3 Å². The van der Waals surface area contributed by atoms with E-state index in [0.29, 0.717) is 11.2 Å². The van der Waals surface area contributed by atoms with E-state index in [1.54, 1.807) is 12.1 Å². The highest BCUT2D eigenvalue weighted by molar-refractivity contribution is 9.10. The molecule has 1 heterocycles. The number of amides is 1. The number of aliphatic hydroxyl groups excluding tert-OH is 1. The molecule has 1 amide bonds. The second-order valence-corrected chi connectivity index (χ2v) is 4.88. The Hall–Kier alpha value is -1.80. The molecule has 1 unspecified atom stereocenters. The molecule has 0 spiro atoms. The Morgan fingerprint density at radius 3 is 2.70 bits per heavy atom. The fraction of sp³-hybridized carbons (Fsp3) is 0.250. The van der Waals surface area contributed by atoms with Crippen LogP contribution in [0.2, 0.25) is 0 Å². The Bertz CT molecular complexity index is 587. The van der Waals surface area contributed by atoms with Crippen LogP contribution >= 0.6 is 15.9 Å². The summed E-state index contributed by atoms with van der Waals surface area (Å²) in [5.74, 6) is -0.841. The molecule has 0 aliphatic heterocycles. The third-order valence-corrected chi connectivity index (χ3v) is 2.97. The van der Waals surface area contributed by atoms with Crippen LogP contribution in [0.3, 0.4) is 0 Å². The Morgan fingerprint density at radius 1 is 1.45 bits per heavy atom. The molecule has 0 aliphatic rings. The van der Waals surface area contributed by atoms with E-state index in [1.165, 1.54) is 12.1 Å². The Balaban J connectivity index is 1.98. The van der Waals surface area contributed by atoms with Crippen molar-refractivity contribution in [3.05, 3.63) is 46.2 Å². The molecule has 2 aromatic rings. The molecule has 3 N–H and O–H groups in total. The van der Waals surface area contributed by atoms with E-state index in [2.05, 4.69) is 36.4 Å². The molecule has 0 radical (unpaired) electrons. The zero-order valence-electron chi connectivity index (χ0n) is 10.3. The molecule has 0 bridgehead atoms. The highest BCUT2D eigenvalue weighted by atomic mass is 79.9. The van der Waals surface area contributed by atoms with Crippen LogP contribution in [0.4, 0.5) is 4.39 Å². The molecule has 106 valence electrons. The summed E-state index contributed by atoms with van der Waals surface area (Å²) in [7, 11) is 0. The van der Waals surface area contributed by atoms with Crippen LogP contribution in [-0.4, -0.2) is 38.8 Å². The Kier molecular flexibility index (Phi) is 4.80. The van der Waals surface area contributed by atoms with Gasteiger partial charge in [-0.15, -0.1) is 5.10 Å². The van der Waals surface area contributed by atoms with Crippen LogP contribution in [0.15, 0.2) is 29.0 Å². The summed E-state index contributed by atoms with van der Waals surface area (Å²) in [4.78, 5) is 15.6. The highest BCUT2D eigenvalue weighted by Gasteiger charge is 2.17. The molecule has 8 heteroatoms. The third kappa shape index (κ3) is 3.84. The predicted octanol–water partition coefficient (Wildman–Crippen LogP) is 1.04. The molecule has 0 aliphatic carbocycles. The zero-order valence-corrected chi connectivity index (χ0v) is 11.9. The monoisotopic (exact) mass is 342 g/mol. The van der Waals surface area contributed by atoms with Gasteiger partial charge >= 0.3 is 0 Å². The Morgan fingerprint density at radius 2 is 2.15 bits per heavy atom. The Labute approximate surface area is 122 Å². The number of aliphatic hydroxyl groups is 1. The minimum Gasteiger partial charge on any atom is -0.394 e. The number of carbonyl (C=O) groups is 1. The van der Waals surface area contributed by atoms with Gasteiger partial charge in [0.15, 0.2) is 4.73 Å². The maximum Gasteiger partial charge on any atom is 0.291 e. The first-order chi connectivity index (χ1) is 9.58. The second-order valence-electron chi connectivity index (χ2n) is 4.13. The number of nitrogens with zero attached hydrogens (tertiary/aromatic N) is 2. The van der Waals surface area contributed by atoms with Crippen molar-refractivity contribution in [1.29, 1.82) is 0 Å². The normalized spacial score (nSPS) is 12.2. The quantitative estimate of drug-likeness (QED) is 0.757. The maximum absolute atomic E-state index is 12.8. The summed E-state index contributed by atoms with van der Waals surface area (Å²) in [5.41, 5.74) is 0.807. The van der Waals surface area contributed by atoms with Gasteiger partial charge in [0.1, 0.15) is 5.82 Å². The summed E-state index contributed by atoms with van der Waals surface area (Å²) < 4.78 is 13.1. The SMILES string of the molecule is O=C(NC(CO)Cc1ccc(F)cc1)c1n[nH]c(Br)n1. The van der Waals surface area contributed by atoms with Gasteiger partial charge in [-0.25, -0.2) is 4.39 Å². The molecule has 1 aromatic heterocycles. The van der Waals surface area contributed by atoms with Crippen molar-refractivity contribution >= 4 is 21.8 Å². The van der Waals surface area contributed by atoms with Crippen molar-refractivity contribution in [2.24, 2.45) is 0 Å². The number of nitrogens with one attached hydrogen (secondary N) is 2. The van der Waals surface area contributed by atoms with E-state index in [9.17, 15) is 14.3 Å². The lowest BCUT2D eigenvalue weighted by Crippen LogP contribution is -2.39. The third-order valence-electron chi connectivity index (χ3n) is 2.61.